The van der Waals surface area contributed by atoms with Crippen molar-refractivity contribution in [3.63, 3.8) is 0 Å². The lowest BCUT2D eigenvalue weighted by Gasteiger charge is -2.34. The largest absolute Gasteiger partial charge is 0.379 e. The monoisotopic (exact) mass is 566 g/mol. The number of nitrogens with zero attached hydrogens (tertiary/aromatic N) is 4. The molecule has 0 radical (unpaired) electrons. The van der Waals surface area contributed by atoms with E-state index in [4.69, 9.17) is 9.73 Å². The number of guanidine groups is 1. The zero-order valence-electron chi connectivity index (χ0n) is 18.3. The van der Waals surface area contributed by atoms with Crippen LogP contribution >= 0.6 is 35.3 Å². The average Bonchev–Trinajstić information content (AvgIpc) is 3.53. The average molecular weight is 567 g/mol. The molecule has 1 unspecified atom stereocenters. The summed E-state index contributed by atoms with van der Waals surface area (Å²) in [5, 5.41) is 13.4. The van der Waals surface area contributed by atoms with Gasteiger partial charge in [0.2, 0.25) is 0 Å². The number of benzene rings is 1. The third-order valence-electron chi connectivity index (χ3n) is 5.29. The molecule has 1 fully saturated rings. The Morgan fingerprint density at radius 3 is 2.62 bits per heavy atom. The first-order chi connectivity index (χ1) is 15.3. The van der Waals surface area contributed by atoms with Crippen LogP contribution in [0.15, 0.2) is 65.2 Å². The molecule has 0 bridgehead atoms. The molecule has 172 valence electrons. The van der Waals surface area contributed by atoms with Gasteiger partial charge in [0.25, 0.3) is 0 Å². The van der Waals surface area contributed by atoms with Crippen LogP contribution in [-0.4, -0.2) is 60.0 Å². The fourth-order valence-corrected chi connectivity index (χ4v) is 4.52. The highest BCUT2D eigenvalue weighted by atomic mass is 127. The van der Waals surface area contributed by atoms with Crippen LogP contribution in [-0.2, 0) is 11.3 Å². The van der Waals surface area contributed by atoms with E-state index >= 15 is 0 Å². The molecular weight excluding hydrogens is 535 g/mol. The van der Waals surface area contributed by atoms with Crippen molar-refractivity contribution < 1.29 is 4.74 Å². The molecule has 0 spiro atoms. The Morgan fingerprint density at radius 2 is 1.97 bits per heavy atom. The summed E-state index contributed by atoms with van der Waals surface area (Å²) in [7, 11) is 0. The van der Waals surface area contributed by atoms with Crippen LogP contribution in [0.5, 0.6) is 0 Å². The number of ether oxygens (including phenoxy) is 1. The quantitative estimate of drug-likeness (QED) is 0.248. The highest BCUT2D eigenvalue weighted by molar-refractivity contribution is 14.0. The SMILES string of the molecule is CCNC(=NCc1ccc(-n2cccn2)cc1)NCC(c1cccs1)N1CCOCC1.I. The van der Waals surface area contributed by atoms with Gasteiger partial charge in [-0.1, -0.05) is 18.2 Å². The summed E-state index contributed by atoms with van der Waals surface area (Å²) in [6, 6.07) is 14.9. The van der Waals surface area contributed by atoms with E-state index in [1.54, 1.807) is 6.20 Å². The van der Waals surface area contributed by atoms with E-state index in [0.717, 1.165) is 56.6 Å². The molecular formula is C23H31IN6OS. The Morgan fingerprint density at radius 1 is 1.16 bits per heavy atom. The Labute approximate surface area is 210 Å². The minimum absolute atomic E-state index is 0. The molecule has 1 aliphatic heterocycles. The van der Waals surface area contributed by atoms with Crippen LogP contribution in [0.25, 0.3) is 5.69 Å². The number of nitrogens with one attached hydrogen (secondary N) is 2. The molecule has 2 N–H and O–H groups in total. The van der Waals surface area contributed by atoms with Crippen molar-refractivity contribution in [1.82, 2.24) is 25.3 Å². The van der Waals surface area contributed by atoms with E-state index < -0.39 is 0 Å². The highest BCUT2D eigenvalue weighted by Crippen LogP contribution is 2.25. The van der Waals surface area contributed by atoms with Gasteiger partial charge in [0.05, 0.1) is 31.5 Å². The molecule has 4 rings (SSSR count). The molecule has 0 amide bonds. The number of halogens is 1. The predicted molar refractivity (Wildman–Crippen MR) is 141 cm³/mol. The minimum atomic E-state index is 0. The fraction of sp³-hybridized carbons (Fsp3) is 0.391. The van der Waals surface area contributed by atoms with E-state index in [1.165, 1.54) is 4.88 Å². The zero-order valence-corrected chi connectivity index (χ0v) is 21.5. The molecule has 32 heavy (non-hydrogen) atoms. The Hall–Kier alpha value is -1.95. The van der Waals surface area contributed by atoms with Gasteiger partial charge in [0, 0.05) is 43.4 Å². The van der Waals surface area contributed by atoms with Crippen molar-refractivity contribution in [3.05, 3.63) is 70.7 Å². The summed E-state index contributed by atoms with van der Waals surface area (Å²) in [5.41, 5.74) is 2.21. The predicted octanol–water partition coefficient (Wildman–Crippen LogP) is 3.68. The van der Waals surface area contributed by atoms with Crippen LogP contribution in [0, 0.1) is 0 Å². The van der Waals surface area contributed by atoms with Crippen LogP contribution < -0.4 is 10.6 Å². The molecule has 9 heteroatoms. The number of rotatable bonds is 8. The van der Waals surface area contributed by atoms with E-state index in [-0.39, 0.29) is 24.0 Å². The molecule has 1 atom stereocenters. The lowest BCUT2D eigenvalue weighted by atomic mass is 10.2. The molecule has 2 aromatic heterocycles. The second kappa shape index (κ2) is 12.9. The number of hydrogen-bond donors (Lipinski definition) is 2. The summed E-state index contributed by atoms with van der Waals surface area (Å²) in [6.45, 7) is 7.86. The van der Waals surface area contributed by atoms with Crippen LogP contribution in [0.2, 0.25) is 0 Å². The summed E-state index contributed by atoms with van der Waals surface area (Å²) < 4.78 is 7.41. The van der Waals surface area contributed by atoms with Crippen molar-refractivity contribution in [2.45, 2.75) is 19.5 Å². The van der Waals surface area contributed by atoms with E-state index in [0.29, 0.717) is 12.6 Å². The van der Waals surface area contributed by atoms with Gasteiger partial charge < -0.3 is 15.4 Å². The third-order valence-corrected chi connectivity index (χ3v) is 6.26. The smallest absolute Gasteiger partial charge is 0.191 e. The maximum atomic E-state index is 5.55. The van der Waals surface area contributed by atoms with E-state index in [2.05, 4.69) is 69.3 Å². The van der Waals surface area contributed by atoms with Gasteiger partial charge in [-0.2, -0.15) is 5.10 Å². The van der Waals surface area contributed by atoms with Gasteiger partial charge in [-0.25, -0.2) is 9.67 Å². The van der Waals surface area contributed by atoms with Gasteiger partial charge >= 0.3 is 0 Å². The number of hydrogen-bond acceptors (Lipinski definition) is 5. The van der Waals surface area contributed by atoms with Gasteiger partial charge in [-0.15, -0.1) is 35.3 Å². The Bertz CT molecular complexity index is 924. The summed E-state index contributed by atoms with van der Waals surface area (Å²) >= 11 is 1.81. The number of aromatic nitrogens is 2. The first-order valence-corrected chi connectivity index (χ1v) is 11.7. The van der Waals surface area contributed by atoms with Gasteiger partial charge in [0.15, 0.2) is 5.96 Å². The number of aliphatic imine (C=N–C) groups is 1. The van der Waals surface area contributed by atoms with Crippen LogP contribution in [0.1, 0.15) is 23.4 Å². The van der Waals surface area contributed by atoms with Crippen molar-refractivity contribution in [1.29, 1.82) is 0 Å². The highest BCUT2D eigenvalue weighted by Gasteiger charge is 2.23. The second-order valence-corrected chi connectivity index (χ2v) is 8.35. The van der Waals surface area contributed by atoms with Gasteiger partial charge in [-0.3, -0.25) is 4.90 Å². The second-order valence-electron chi connectivity index (χ2n) is 7.37. The van der Waals surface area contributed by atoms with Gasteiger partial charge in [0.1, 0.15) is 0 Å². The van der Waals surface area contributed by atoms with Crippen molar-refractivity contribution in [2.75, 3.05) is 39.4 Å². The number of thiophene rings is 1. The Kier molecular flexibility index (Phi) is 9.97. The Balaban J connectivity index is 0.00000289. The lowest BCUT2D eigenvalue weighted by molar-refractivity contribution is 0.0177. The van der Waals surface area contributed by atoms with Crippen LogP contribution in [0.4, 0.5) is 0 Å². The van der Waals surface area contributed by atoms with E-state index in [9.17, 15) is 0 Å². The maximum Gasteiger partial charge on any atom is 0.191 e. The summed E-state index contributed by atoms with van der Waals surface area (Å²) in [4.78, 5) is 8.68. The first-order valence-electron chi connectivity index (χ1n) is 10.8. The van der Waals surface area contributed by atoms with Crippen molar-refractivity contribution >= 4 is 41.3 Å². The van der Waals surface area contributed by atoms with Crippen molar-refractivity contribution in [2.24, 2.45) is 4.99 Å². The normalized spacial score (nSPS) is 15.7. The molecule has 1 aromatic carbocycles. The molecule has 3 aromatic rings. The molecule has 0 saturated carbocycles. The number of morpholine rings is 1. The first kappa shape index (κ1) is 24.7. The third kappa shape index (κ3) is 6.77. The van der Waals surface area contributed by atoms with Crippen LogP contribution in [0.3, 0.4) is 0 Å². The van der Waals surface area contributed by atoms with E-state index in [1.807, 2.05) is 28.3 Å². The molecule has 1 aliphatic rings. The standard InChI is InChI=1S/C23H30N6OS.HI/c1-2-24-23(25-17-19-6-8-20(9-7-19)29-11-4-10-27-29)26-18-21(22-5-3-16-31-22)28-12-14-30-15-13-28;/h3-11,16,21H,2,12-15,17-18H2,1H3,(H2,24,25,26);1H. The topological polar surface area (TPSA) is 66.7 Å². The maximum absolute atomic E-state index is 5.55. The van der Waals surface area contributed by atoms with Gasteiger partial charge in [-0.05, 0) is 42.1 Å². The van der Waals surface area contributed by atoms with Crippen molar-refractivity contribution in [3.8, 4) is 5.69 Å². The molecule has 3 heterocycles. The molecule has 1 saturated heterocycles. The molecule has 0 aliphatic carbocycles. The summed E-state index contributed by atoms with van der Waals surface area (Å²) in [6.07, 6.45) is 3.73. The zero-order chi connectivity index (χ0) is 21.3. The lowest BCUT2D eigenvalue weighted by Crippen LogP contribution is -2.46. The fourth-order valence-electron chi connectivity index (χ4n) is 3.66. The summed E-state index contributed by atoms with van der Waals surface area (Å²) in [5.74, 6) is 0.841. The minimum Gasteiger partial charge on any atom is -0.379 e. The molecule has 7 nitrogen and oxygen atoms in total.